The number of aliphatic hydroxyl groups is 5. The first-order chi connectivity index (χ1) is 6.39. The Bertz CT molecular complexity index is 292. The molecule has 7 heteroatoms. The van der Waals surface area contributed by atoms with Crippen LogP contribution in [-0.2, 0) is 9.53 Å². The predicted octanol–water partition coefficient (Wildman–Crippen LogP) is -3.90. The number of Topliss-reactive ketones (excluding diaryl/α,β-unsaturated/α-hetero) is 1. The van der Waals surface area contributed by atoms with Crippen molar-refractivity contribution in [1.29, 1.82) is 0 Å². The van der Waals surface area contributed by atoms with Crippen LogP contribution in [0.3, 0.4) is 0 Å². The van der Waals surface area contributed by atoms with Crippen molar-refractivity contribution in [3.63, 3.8) is 0 Å². The van der Waals surface area contributed by atoms with Crippen molar-refractivity contribution >= 4 is 5.78 Å². The van der Waals surface area contributed by atoms with E-state index >= 15 is 0 Å². The van der Waals surface area contributed by atoms with E-state index in [0.29, 0.717) is 0 Å². The number of aliphatic hydroxyl groups excluding tert-OH is 3. The Morgan fingerprint density at radius 3 is 2.43 bits per heavy atom. The fourth-order valence-electron chi connectivity index (χ4n) is 1.71. The summed E-state index contributed by atoms with van der Waals surface area (Å²) < 4.78 is 4.59. The van der Waals surface area contributed by atoms with Gasteiger partial charge in [0.15, 0.2) is 0 Å². The van der Waals surface area contributed by atoms with Crippen molar-refractivity contribution in [3.8, 4) is 0 Å². The molecule has 1 aliphatic carbocycles. The summed E-state index contributed by atoms with van der Waals surface area (Å²) in [5.41, 5.74) is -2.46. The van der Waals surface area contributed by atoms with Gasteiger partial charge in [-0.1, -0.05) is 0 Å². The van der Waals surface area contributed by atoms with Gasteiger partial charge in [-0.05, 0) is 0 Å². The Balaban J connectivity index is 2.32. The van der Waals surface area contributed by atoms with E-state index in [1.807, 2.05) is 0 Å². The Hall–Kier alpha value is -0.570. The highest BCUT2D eigenvalue weighted by molar-refractivity contribution is 6.13. The minimum absolute atomic E-state index is 0.677. The van der Waals surface area contributed by atoms with Gasteiger partial charge < -0.3 is 30.3 Å². The van der Waals surface area contributed by atoms with Gasteiger partial charge in [0, 0.05) is 0 Å². The van der Waals surface area contributed by atoms with Crippen LogP contribution >= 0.6 is 0 Å². The lowest BCUT2D eigenvalue weighted by Crippen LogP contribution is -2.58. The average molecular weight is 206 g/mol. The molecule has 1 saturated carbocycles. The van der Waals surface area contributed by atoms with E-state index in [1.165, 1.54) is 0 Å². The third-order valence-corrected chi connectivity index (χ3v) is 2.74. The van der Waals surface area contributed by atoms with Gasteiger partial charge in [0.1, 0.15) is 18.3 Å². The zero-order valence-corrected chi connectivity index (χ0v) is 6.99. The maximum atomic E-state index is 11.0. The molecule has 14 heavy (non-hydrogen) atoms. The van der Waals surface area contributed by atoms with Gasteiger partial charge in [-0.2, -0.15) is 0 Å². The Labute approximate surface area is 78.2 Å². The van der Waals surface area contributed by atoms with Gasteiger partial charge in [0.25, 0.3) is 5.79 Å². The first-order valence-corrected chi connectivity index (χ1v) is 4.04. The lowest BCUT2D eigenvalue weighted by molar-refractivity contribution is -0.288. The largest absolute Gasteiger partial charge is 0.394 e. The molecule has 0 radical (unpaired) electrons. The molecule has 0 unspecified atom stereocenters. The van der Waals surface area contributed by atoms with Crippen LogP contribution in [0, 0.1) is 0 Å². The predicted molar refractivity (Wildman–Crippen MR) is 38.9 cm³/mol. The third-order valence-electron chi connectivity index (χ3n) is 2.74. The van der Waals surface area contributed by atoms with Crippen LogP contribution in [0.5, 0.6) is 0 Å². The van der Waals surface area contributed by atoms with Gasteiger partial charge >= 0.3 is 0 Å². The van der Waals surface area contributed by atoms with Gasteiger partial charge in [0.2, 0.25) is 11.4 Å². The van der Waals surface area contributed by atoms with Crippen LogP contribution in [0.15, 0.2) is 0 Å². The molecular weight excluding hydrogens is 196 g/mol. The summed E-state index contributed by atoms with van der Waals surface area (Å²) in [4.78, 5) is 11.0. The Kier molecular flexibility index (Phi) is 1.79. The molecule has 5 atom stereocenters. The summed E-state index contributed by atoms with van der Waals surface area (Å²) in [6.07, 6.45) is -4.76. The van der Waals surface area contributed by atoms with E-state index < -0.39 is 42.1 Å². The number of ether oxygens (including phenoxy) is 1. The molecule has 0 aromatic rings. The van der Waals surface area contributed by atoms with Crippen molar-refractivity contribution in [2.75, 3.05) is 6.61 Å². The normalized spacial score (nSPS) is 56.9. The van der Waals surface area contributed by atoms with E-state index in [-0.39, 0.29) is 0 Å². The van der Waals surface area contributed by atoms with Crippen LogP contribution in [0.2, 0.25) is 0 Å². The molecule has 0 bridgehead atoms. The molecule has 0 aromatic heterocycles. The van der Waals surface area contributed by atoms with Crippen LogP contribution < -0.4 is 0 Å². The monoisotopic (exact) mass is 206 g/mol. The molecule has 2 aliphatic rings. The fourth-order valence-corrected chi connectivity index (χ4v) is 1.71. The molecule has 7 nitrogen and oxygen atoms in total. The van der Waals surface area contributed by atoms with Gasteiger partial charge in [-0.3, -0.25) is 4.79 Å². The van der Waals surface area contributed by atoms with Crippen molar-refractivity contribution in [2.45, 2.75) is 29.7 Å². The quantitative estimate of drug-likeness (QED) is 0.296. The van der Waals surface area contributed by atoms with Crippen LogP contribution in [0.1, 0.15) is 0 Å². The molecule has 1 aliphatic heterocycles. The standard InChI is InChI=1S/C7H10O7/c8-1-2-3(9)4(10)6(12)5(11)7(6,13)14-2/h2-4,8-10,12-13H,1H2/t2-,3-,4+,6+,7-/m1/s1. The number of carbonyl (C=O) groups is 1. The summed E-state index contributed by atoms with van der Waals surface area (Å²) >= 11 is 0. The first kappa shape index (κ1) is 9.97. The molecule has 0 amide bonds. The topological polar surface area (TPSA) is 127 Å². The Morgan fingerprint density at radius 2 is 1.93 bits per heavy atom. The lowest BCUT2D eigenvalue weighted by Gasteiger charge is -2.34. The smallest absolute Gasteiger partial charge is 0.270 e. The van der Waals surface area contributed by atoms with Gasteiger partial charge in [0.05, 0.1) is 6.61 Å². The van der Waals surface area contributed by atoms with E-state index in [2.05, 4.69) is 4.74 Å². The highest BCUT2D eigenvalue weighted by Gasteiger charge is 2.86. The number of hydrogen-bond acceptors (Lipinski definition) is 7. The van der Waals surface area contributed by atoms with Gasteiger partial charge in [-0.15, -0.1) is 0 Å². The average Bonchev–Trinajstić information content (AvgIpc) is 2.60. The second-order valence-corrected chi connectivity index (χ2v) is 3.51. The fraction of sp³-hybridized carbons (Fsp3) is 0.857. The molecule has 2 fully saturated rings. The number of carbonyl (C=O) groups excluding carboxylic acids is 1. The Morgan fingerprint density at radius 1 is 1.36 bits per heavy atom. The zero-order valence-electron chi connectivity index (χ0n) is 6.99. The summed E-state index contributed by atoms with van der Waals surface area (Å²) in [5.74, 6) is -3.59. The number of fused-ring (bicyclic) bond motifs is 1. The number of hydrogen-bond donors (Lipinski definition) is 5. The van der Waals surface area contributed by atoms with Crippen molar-refractivity contribution in [1.82, 2.24) is 0 Å². The molecule has 1 heterocycles. The van der Waals surface area contributed by atoms with E-state index in [4.69, 9.17) is 5.11 Å². The van der Waals surface area contributed by atoms with Crippen LogP contribution in [0.25, 0.3) is 0 Å². The maximum Gasteiger partial charge on any atom is 0.270 e. The highest BCUT2D eigenvalue weighted by atomic mass is 16.7. The van der Waals surface area contributed by atoms with Crippen LogP contribution in [0.4, 0.5) is 0 Å². The lowest BCUT2D eigenvalue weighted by atomic mass is 9.98. The van der Waals surface area contributed by atoms with E-state index in [0.717, 1.165) is 0 Å². The molecule has 80 valence electrons. The van der Waals surface area contributed by atoms with Crippen molar-refractivity contribution in [2.24, 2.45) is 0 Å². The van der Waals surface area contributed by atoms with Crippen molar-refractivity contribution < 1.29 is 35.1 Å². The molecular formula is C7H10O7. The third kappa shape index (κ3) is 0.800. The van der Waals surface area contributed by atoms with E-state index in [9.17, 15) is 25.2 Å². The molecule has 5 N–H and O–H groups in total. The summed E-state index contributed by atoms with van der Waals surface area (Å²) in [5, 5.41) is 46.1. The molecule has 2 rings (SSSR count). The summed E-state index contributed by atoms with van der Waals surface area (Å²) in [6, 6.07) is 0. The second-order valence-electron chi connectivity index (χ2n) is 3.51. The summed E-state index contributed by atoms with van der Waals surface area (Å²) in [7, 11) is 0. The summed E-state index contributed by atoms with van der Waals surface area (Å²) in [6.45, 7) is -0.677. The molecule has 1 saturated heterocycles. The molecule has 0 aromatic carbocycles. The highest BCUT2D eigenvalue weighted by Crippen LogP contribution is 2.51. The first-order valence-electron chi connectivity index (χ1n) is 4.04. The molecule has 0 spiro atoms. The second kappa shape index (κ2) is 2.51. The van der Waals surface area contributed by atoms with E-state index in [1.54, 1.807) is 0 Å². The minimum Gasteiger partial charge on any atom is -0.394 e. The maximum absolute atomic E-state index is 11.0. The minimum atomic E-state index is -2.49. The van der Waals surface area contributed by atoms with Crippen LogP contribution in [-0.4, -0.2) is 67.6 Å². The van der Waals surface area contributed by atoms with Gasteiger partial charge in [-0.25, -0.2) is 0 Å². The van der Waals surface area contributed by atoms with Crippen molar-refractivity contribution in [3.05, 3.63) is 0 Å². The zero-order chi connectivity index (χ0) is 10.7. The number of rotatable bonds is 1. The number of ketones is 1. The SMILES string of the molecule is O=C1[C@@]2(O)[C@@H](O)[C@H](O)[C@@H](CO)O[C@]12O.